The van der Waals surface area contributed by atoms with E-state index < -0.39 is 82.8 Å². The maximum absolute atomic E-state index is 12.5. The minimum Gasteiger partial charge on any atom is -0.390 e. The maximum Gasteiger partial charge on any atom is 0.697 e. The Hall–Kier alpha value is -1.99. The van der Waals surface area contributed by atoms with E-state index in [0.29, 0.717) is 0 Å². The molecule has 0 amide bonds. The zero-order valence-electron chi connectivity index (χ0n) is 18.5. The summed E-state index contributed by atoms with van der Waals surface area (Å²) in [5.41, 5.74) is 10.2. The zero-order chi connectivity index (χ0) is 26.5. The molecule has 5 rings (SSSR count). The number of aromatic nitrogens is 4. The Morgan fingerprint density at radius 1 is 1.27 bits per heavy atom. The predicted octanol–water partition coefficient (Wildman–Crippen LogP) is -2.28. The van der Waals surface area contributed by atoms with Crippen LogP contribution in [0.2, 0.25) is 0 Å². The molecule has 3 aliphatic rings. The van der Waals surface area contributed by atoms with Crippen molar-refractivity contribution in [3.63, 3.8) is 0 Å². The van der Waals surface area contributed by atoms with Gasteiger partial charge in [-0.15, -0.1) is 9.05 Å². The minimum absolute atomic E-state index is 0.00581. The summed E-state index contributed by atoms with van der Waals surface area (Å²) in [4.78, 5) is 36.9. The van der Waals surface area contributed by atoms with Crippen molar-refractivity contribution in [2.24, 2.45) is 10.7 Å². The lowest BCUT2D eigenvalue weighted by molar-refractivity contribution is -0.0528. The second kappa shape index (κ2) is 10.3. The minimum atomic E-state index is -4.06. The molecule has 0 aromatic carbocycles. The van der Waals surface area contributed by atoms with Crippen molar-refractivity contribution >= 4 is 50.2 Å². The molecule has 3 fully saturated rings. The summed E-state index contributed by atoms with van der Waals surface area (Å²) in [7, 11) is -2.85. The van der Waals surface area contributed by atoms with Gasteiger partial charge in [0, 0.05) is 4.57 Å². The van der Waals surface area contributed by atoms with Crippen LogP contribution in [0.5, 0.6) is 0 Å². The van der Waals surface area contributed by atoms with Gasteiger partial charge in [-0.1, -0.05) is 0 Å². The summed E-state index contributed by atoms with van der Waals surface area (Å²) in [6.45, 7) is -4.98. The third-order valence-corrected chi connectivity index (χ3v) is 8.12. The van der Waals surface area contributed by atoms with Crippen molar-refractivity contribution in [2.75, 3.05) is 18.9 Å². The number of anilines is 1. The van der Waals surface area contributed by atoms with E-state index in [-0.39, 0.29) is 17.1 Å². The molecule has 5 heterocycles. The highest BCUT2D eigenvalue weighted by Crippen LogP contribution is 2.50. The largest absolute Gasteiger partial charge is 0.697 e. The Labute approximate surface area is 212 Å². The standard InChI is InChI=1S/C16H21N7O11P2S/c17-3-19-14-8(24)10-6(31-14)2-30-36(28,37)34-11-5(1-29-35(27)33-10)32-15(9(11)25)23-4-20-7-12(23)21-16(18)22-13(7)26/h3-6,8-11,14-15,24-25H,1-2H2,(H5-,17,18,19,21,22,26,28,37)/p+1/t5-,6-,8?,9?,10?,11+,14-,15-,36?/m1/s1. The molecule has 3 saturated heterocycles. The van der Waals surface area contributed by atoms with Gasteiger partial charge >= 0.3 is 15.0 Å². The van der Waals surface area contributed by atoms with Crippen LogP contribution in [0.25, 0.3) is 11.2 Å². The van der Waals surface area contributed by atoms with Gasteiger partial charge < -0.3 is 40.6 Å². The van der Waals surface area contributed by atoms with Gasteiger partial charge in [0.1, 0.15) is 37.1 Å². The highest BCUT2D eigenvalue weighted by Gasteiger charge is 2.53. The van der Waals surface area contributed by atoms with Crippen LogP contribution in [0.15, 0.2) is 16.1 Å². The van der Waals surface area contributed by atoms with E-state index in [2.05, 4.69) is 19.9 Å². The number of H-pyrrole nitrogens is 1. The highest BCUT2D eigenvalue weighted by atomic mass is 32.5. The molecule has 5 unspecified atom stereocenters. The van der Waals surface area contributed by atoms with Gasteiger partial charge in [-0.2, -0.15) is 4.98 Å². The number of rotatable bonds is 2. The van der Waals surface area contributed by atoms with Crippen LogP contribution in [-0.4, -0.2) is 97.0 Å². The maximum atomic E-state index is 12.5. The molecule has 2 aromatic heterocycles. The van der Waals surface area contributed by atoms with Crippen LogP contribution < -0.4 is 17.0 Å². The average molecular weight is 582 g/mol. The van der Waals surface area contributed by atoms with Crippen molar-refractivity contribution in [3.05, 3.63) is 16.7 Å². The Morgan fingerprint density at radius 3 is 2.78 bits per heavy atom. The summed E-state index contributed by atoms with van der Waals surface area (Å²) in [6.07, 6.45) is -8.03. The van der Waals surface area contributed by atoms with Gasteiger partial charge in [0.25, 0.3) is 5.56 Å². The summed E-state index contributed by atoms with van der Waals surface area (Å²) < 4.78 is 46.7. The molecule has 37 heavy (non-hydrogen) atoms. The van der Waals surface area contributed by atoms with E-state index in [1.165, 1.54) is 10.9 Å². The Balaban J connectivity index is 1.42. The molecule has 8 N–H and O–H groups in total. The van der Waals surface area contributed by atoms with Gasteiger partial charge in [0.15, 0.2) is 29.7 Å². The molecular weight excluding hydrogens is 560 g/mol. The molecule has 0 aliphatic carbocycles. The van der Waals surface area contributed by atoms with Crippen molar-refractivity contribution in [1.29, 1.82) is 0 Å². The number of nitrogen functional groups attached to an aromatic ring is 1. The predicted molar refractivity (Wildman–Crippen MR) is 126 cm³/mol. The number of fused-ring (bicyclic) bond motifs is 3. The fourth-order valence-corrected chi connectivity index (χ4v) is 6.38. The van der Waals surface area contributed by atoms with E-state index >= 15 is 0 Å². The molecule has 18 nitrogen and oxygen atoms in total. The van der Waals surface area contributed by atoms with Crippen molar-refractivity contribution < 1.29 is 47.2 Å². The zero-order valence-corrected chi connectivity index (χ0v) is 21.1. The smallest absolute Gasteiger partial charge is 0.390 e. The van der Waals surface area contributed by atoms with E-state index in [4.69, 9.17) is 50.8 Å². The Kier molecular flexibility index (Phi) is 7.40. The van der Waals surface area contributed by atoms with Crippen LogP contribution in [0, 0.1) is 0 Å². The Morgan fingerprint density at radius 2 is 2.03 bits per heavy atom. The number of ether oxygens (including phenoxy) is 2. The molecule has 0 bridgehead atoms. The number of aliphatic hydroxyl groups is 2. The van der Waals surface area contributed by atoms with Crippen molar-refractivity contribution in [3.8, 4) is 0 Å². The number of aromatic amines is 1. The molecule has 3 aliphatic heterocycles. The molecule has 2 aromatic rings. The third-order valence-electron chi connectivity index (χ3n) is 5.79. The van der Waals surface area contributed by atoms with Crippen LogP contribution in [0.4, 0.5) is 5.95 Å². The number of hydrogen-bond acceptors (Lipinski definition) is 15. The first-order valence-electron chi connectivity index (χ1n) is 10.6. The van der Waals surface area contributed by atoms with Gasteiger partial charge in [0.2, 0.25) is 5.95 Å². The van der Waals surface area contributed by atoms with Crippen LogP contribution in [-0.2, 0) is 43.9 Å². The van der Waals surface area contributed by atoms with E-state index in [9.17, 15) is 24.5 Å². The van der Waals surface area contributed by atoms with Crippen molar-refractivity contribution in [2.45, 2.75) is 49.1 Å². The number of aliphatic imine (C=N–C) groups is 1. The van der Waals surface area contributed by atoms with Crippen molar-refractivity contribution in [1.82, 2.24) is 19.5 Å². The number of nitrogens with two attached hydrogens (primary N) is 2. The molecule has 10 atom stereocenters. The summed E-state index contributed by atoms with van der Waals surface area (Å²) in [5, 5.41) is 21.5. The van der Waals surface area contributed by atoms with Gasteiger partial charge in [-0.05, 0) is 11.8 Å². The SMILES string of the molecule is NC=N[C@@H]1O[C@@H]2COP(O)(=S)O[C@@H]3C(O)[C@H](n4cnc5c(=O)[nH]c(N)nc54)O[C@@H]3CO[P+](=O)OC2C1O. The molecule has 202 valence electrons. The second-order valence-corrected chi connectivity index (χ2v) is 11.8. The van der Waals surface area contributed by atoms with Gasteiger partial charge in [0.05, 0.1) is 19.3 Å². The topological polar surface area (TPSA) is 261 Å². The molecule has 0 radical (unpaired) electrons. The lowest BCUT2D eigenvalue weighted by Gasteiger charge is -2.26. The fraction of sp³-hybridized carbons (Fsp3) is 0.625. The third kappa shape index (κ3) is 5.18. The second-order valence-electron chi connectivity index (χ2n) is 8.11. The summed E-state index contributed by atoms with van der Waals surface area (Å²) in [5.74, 6) is -0.194. The Bertz CT molecular complexity index is 1330. The van der Waals surface area contributed by atoms with Crippen LogP contribution in [0.3, 0.4) is 0 Å². The lowest BCUT2D eigenvalue weighted by atomic mass is 10.1. The van der Waals surface area contributed by atoms with Gasteiger partial charge in [-0.3, -0.25) is 18.9 Å². The van der Waals surface area contributed by atoms with Gasteiger partial charge in [-0.25, -0.2) is 9.98 Å². The number of nitrogens with one attached hydrogen (secondary N) is 1. The molecule has 0 spiro atoms. The number of aliphatic hydroxyl groups excluding tert-OH is 2. The fourth-order valence-electron chi connectivity index (χ4n) is 4.15. The average Bonchev–Trinajstić information content (AvgIpc) is 3.47. The number of nitrogens with zero attached hydrogens (tertiary/aromatic N) is 4. The summed E-state index contributed by atoms with van der Waals surface area (Å²) >= 11 is 5.10. The first-order valence-corrected chi connectivity index (χ1v) is 14.3. The lowest BCUT2D eigenvalue weighted by Crippen LogP contribution is -2.38. The molecule has 21 heteroatoms. The quantitative estimate of drug-likeness (QED) is 0.124. The van der Waals surface area contributed by atoms with E-state index in [1.54, 1.807) is 0 Å². The van der Waals surface area contributed by atoms with Crippen LogP contribution in [0.1, 0.15) is 6.23 Å². The van der Waals surface area contributed by atoms with E-state index in [1.807, 2.05) is 0 Å². The first-order chi connectivity index (χ1) is 17.6. The van der Waals surface area contributed by atoms with E-state index in [0.717, 1.165) is 6.34 Å². The summed E-state index contributed by atoms with van der Waals surface area (Å²) in [6, 6.07) is 0. The normalized spacial score (nSPS) is 40.4. The number of imidazole rings is 1. The molecule has 0 saturated carbocycles. The van der Waals surface area contributed by atoms with Crippen LogP contribution >= 0.6 is 15.0 Å². The monoisotopic (exact) mass is 582 g/mol. The molecular formula is C16H22N7O11P2S+. The number of hydrogen-bond donors (Lipinski definition) is 6. The highest BCUT2D eigenvalue weighted by molar-refractivity contribution is 8.07. The first kappa shape index (κ1) is 26.6.